The highest BCUT2D eigenvalue weighted by Gasteiger charge is 2.28. The molecule has 7 heteroatoms. The first-order valence-electron chi connectivity index (χ1n) is 6.11. The fourth-order valence-electron chi connectivity index (χ4n) is 1.53. The Bertz CT molecular complexity index is 569. The second-order valence-electron chi connectivity index (χ2n) is 4.79. The van der Waals surface area contributed by atoms with E-state index in [2.05, 4.69) is 5.32 Å². The van der Waals surface area contributed by atoms with Gasteiger partial charge in [-0.15, -0.1) is 0 Å². The Morgan fingerprint density at radius 3 is 2.30 bits per heavy atom. The Morgan fingerprint density at radius 2 is 1.90 bits per heavy atom. The topological polar surface area (TPSA) is 98.5 Å². The Morgan fingerprint density at radius 1 is 1.35 bits per heavy atom. The summed E-state index contributed by atoms with van der Waals surface area (Å²) in [5, 5.41) is 2.86. The van der Waals surface area contributed by atoms with Crippen LogP contribution in [0.2, 0.25) is 0 Å². The lowest BCUT2D eigenvalue weighted by Gasteiger charge is -2.25. The average molecular weight is 300 g/mol. The minimum absolute atomic E-state index is 0.238. The molecule has 0 saturated heterocycles. The lowest BCUT2D eigenvalue weighted by Crippen LogP contribution is -2.52. The van der Waals surface area contributed by atoms with Gasteiger partial charge < -0.3 is 15.8 Å². The van der Waals surface area contributed by atoms with Crippen molar-refractivity contribution >= 4 is 15.7 Å². The molecule has 20 heavy (non-hydrogen) atoms. The molecule has 1 rings (SSSR count). The number of nitrogens with one attached hydrogen (secondary N) is 1. The first-order chi connectivity index (χ1) is 9.19. The van der Waals surface area contributed by atoms with Crippen molar-refractivity contribution in [3.8, 4) is 5.75 Å². The summed E-state index contributed by atoms with van der Waals surface area (Å²) in [6.07, 6.45) is 1.56. The molecule has 0 aromatic heterocycles. The molecule has 1 atom stereocenters. The summed E-state index contributed by atoms with van der Waals surface area (Å²) in [6.45, 7) is 1.99. The van der Waals surface area contributed by atoms with Crippen molar-refractivity contribution in [2.75, 3.05) is 19.9 Å². The fraction of sp³-hybridized carbons (Fsp3) is 0.462. The van der Waals surface area contributed by atoms with Crippen LogP contribution in [0.5, 0.6) is 5.75 Å². The van der Waals surface area contributed by atoms with Crippen molar-refractivity contribution in [3.63, 3.8) is 0 Å². The molecule has 0 saturated carbocycles. The number of sulfone groups is 1. The van der Waals surface area contributed by atoms with E-state index < -0.39 is 21.3 Å². The van der Waals surface area contributed by atoms with Crippen molar-refractivity contribution in [2.24, 2.45) is 5.73 Å². The Hall–Kier alpha value is -1.60. The summed E-state index contributed by atoms with van der Waals surface area (Å²) >= 11 is 0. The van der Waals surface area contributed by atoms with Crippen LogP contribution in [-0.4, -0.2) is 39.8 Å². The number of hydrogen-bond donors (Lipinski definition) is 2. The number of rotatable bonds is 7. The molecule has 1 aromatic carbocycles. The molecule has 0 aliphatic carbocycles. The highest BCUT2D eigenvalue weighted by atomic mass is 32.2. The number of primary amides is 1. The Labute approximate surface area is 119 Å². The molecule has 0 heterocycles. The fourth-order valence-corrected chi connectivity index (χ4v) is 2.16. The quantitative estimate of drug-likeness (QED) is 0.756. The van der Waals surface area contributed by atoms with Crippen molar-refractivity contribution < 1.29 is 17.9 Å². The van der Waals surface area contributed by atoms with Gasteiger partial charge in [0.25, 0.3) is 0 Å². The summed E-state index contributed by atoms with van der Waals surface area (Å²) in [6, 6.07) is 6.13. The van der Waals surface area contributed by atoms with E-state index in [9.17, 15) is 13.2 Å². The van der Waals surface area contributed by atoms with E-state index in [1.165, 1.54) is 12.1 Å². The number of carbonyl (C=O) groups is 1. The molecule has 3 N–H and O–H groups in total. The van der Waals surface area contributed by atoms with Gasteiger partial charge in [-0.3, -0.25) is 4.79 Å². The molecule has 1 unspecified atom stereocenters. The molecule has 6 nitrogen and oxygen atoms in total. The van der Waals surface area contributed by atoms with E-state index in [1.54, 1.807) is 26.1 Å². The van der Waals surface area contributed by atoms with E-state index in [4.69, 9.17) is 10.5 Å². The number of likely N-dealkylation sites (N-methyl/N-ethyl adjacent to an activating group) is 1. The van der Waals surface area contributed by atoms with Crippen LogP contribution in [0.25, 0.3) is 0 Å². The zero-order valence-electron chi connectivity index (χ0n) is 11.8. The molecular formula is C13H20N2O4S. The molecule has 0 spiro atoms. The predicted octanol–water partition coefficient (Wildman–Crippen LogP) is 0.322. The van der Waals surface area contributed by atoms with Crippen LogP contribution in [-0.2, 0) is 14.6 Å². The average Bonchev–Trinajstić information content (AvgIpc) is 2.37. The molecule has 0 bridgehead atoms. The number of benzene rings is 1. The summed E-state index contributed by atoms with van der Waals surface area (Å²) < 4.78 is 28.1. The van der Waals surface area contributed by atoms with Crippen LogP contribution in [0.1, 0.15) is 13.3 Å². The number of hydrogen-bond acceptors (Lipinski definition) is 5. The number of ether oxygens (including phenoxy) is 1. The molecule has 0 aliphatic rings. The molecular weight excluding hydrogens is 280 g/mol. The number of amides is 1. The zero-order chi connectivity index (χ0) is 15.4. The molecule has 1 aromatic rings. The maximum absolute atomic E-state index is 11.3. The smallest absolute Gasteiger partial charge is 0.237 e. The van der Waals surface area contributed by atoms with Crippen LogP contribution in [0.3, 0.4) is 0 Å². The highest BCUT2D eigenvalue weighted by Crippen LogP contribution is 2.17. The molecule has 0 fully saturated rings. The number of carbonyl (C=O) groups excluding carboxylic acids is 1. The van der Waals surface area contributed by atoms with E-state index >= 15 is 0 Å². The maximum atomic E-state index is 11.3. The van der Waals surface area contributed by atoms with Crippen molar-refractivity contribution in [3.05, 3.63) is 24.3 Å². The lowest BCUT2D eigenvalue weighted by molar-refractivity contribution is -0.124. The molecule has 0 radical (unpaired) electrons. The van der Waals surface area contributed by atoms with E-state index in [1.807, 2.05) is 0 Å². The minimum Gasteiger partial charge on any atom is -0.494 e. The SMILES string of the molecule is CNC(C)(CCOc1ccc(S(C)(=O)=O)cc1)C(N)=O. The molecule has 1 amide bonds. The standard InChI is InChI=1S/C13H20N2O4S/c1-13(15-2,12(14)16)8-9-19-10-4-6-11(7-5-10)20(3,17)18/h4-7,15H,8-9H2,1-3H3,(H2,14,16). The van der Waals surface area contributed by atoms with Gasteiger partial charge >= 0.3 is 0 Å². The van der Waals surface area contributed by atoms with Gasteiger partial charge in [-0.2, -0.15) is 0 Å². The van der Waals surface area contributed by atoms with Gasteiger partial charge in [-0.1, -0.05) is 0 Å². The third kappa shape index (κ3) is 4.21. The van der Waals surface area contributed by atoms with E-state index in [-0.39, 0.29) is 4.90 Å². The Kier molecular flexibility index (Phi) is 5.13. The first kappa shape index (κ1) is 16.5. The minimum atomic E-state index is -3.21. The van der Waals surface area contributed by atoms with Gasteiger partial charge in [-0.25, -0.2) is 8.42 Å². The lowest BCUT2D eigenvalue weighted by atomic mass is 9.98. The van der Waals surface area contributed by atoms with Crippen molar-refractivity contribution in [1.29, 1.82) is 0 Å². The maximum Gasteiger partial charge on any atom is 0.237 e. The van der Waals surface area contributed by atoms with Gasteiger partial charge in [0.1, 0.15) is 5.75 Å². The highest BCUT2D eigenvalue weighted by molar-refractivity contribution is 7.90. The third-order valence-electron chi connectivity index (χ3n) is 3.22. The van der Waals surface area contributed by atoms with Crippen LogP contribution in [0, 0.1) is 0 Å². The summed E-state index contributed by atoms with van der Waals surface area (Å²) in [7, 11) is -1.55. The van der Waals surface area contributed by atoms with E-state index in [0.29, 0.717) is 18.8 Å². The van der Waals surface area contributed by atoms with Crippen molar-refractivity contribution in [1.82, 2.24) is 5.32 Å². The van der Waals surface area contributed by atoms with Crippen LogP contribution >= 0.6 is 0 Å². The third-order valence-corrected chi connectivity index (χ3v) is 4.35. The normalized spacial score (nSPS) is 14.6. The van der Waals surface area contributed by atoms with Gasteiger partial charge in [0.2, 0.25) is 5.91 Å². The van der Waals surface area contributed by atoms with Crippen LogP contribution in [0.15, 0.2) is 29.2 Å². The predicted molar refractivity (Wildman–Crippen MR) is 76.3 cm³/mol. The second-order valence-corrected chi connectivity index (χ2v) is 6.80. The first-order valence-corrected chi connectivity index (χ1v) is 8.00. The van der Waals surface area contributed by atoms with Gasteiger partial charge in [0, 0.05) is 12.7 Å². The second kappa shape index (κ2) is 6.23. The van der Waals surface area contributed by atoms with Gasteiger partial charge in [-0.05, 0) is 38.2 Å². The summed E-state index contributed by atoms with van der Waals surface area (Å²) in [5.74, 6) is 0.0938. The van der Waals surface area contributed by atoms with E-state index in [0.717, 1.165) is 6.26 Å². The van der Waals surface area contributed by atoms with Gasteiger partial charge in [0.15, 0.2) is 9.84 Å². The molecule has 0 aliphatic heterocycles. The monoisotopic (exact) mass is 300 g/mol. The van der Waals surface area contributed by atoms with Crippen LogP contribution in [0.4, 0.5) is 0 Å². The zero-order valence-corrected chi connectivity index (χ0v) is 12.7. The van der Waals surface area contributed by atoms with Crippen molar-refractivity contribution in [2.45, 2.75) is 23.8 Å². The Balaban J connectivity index is 2.61. The summed E-state index contributed by atoms with van der Waals surface area (Å²) in [4.78, 5) is 11.5. The van der Waals surface area contributed by atoms with Gasteiger partial charge in [0.05, 0.1) is 17.0 Å². The largest absolute Gasteiger partial charge is 0.494 e. The van der Waals surface area contributed by atoms with Crippen LogP contribution < -0.4 is 15.8 Å². The number of nitrogens with two attached hydrogens (primary N) is 1. The molecule has 112 valence electrons. The summed E-state index contributed by atoms with van der Waals surface area (Å²) in [5.41, 5.74) is 4.48.